The van der Waals surface area contributed by atoms with Crippen molar-refractivity contribution in [2.24, 2.45) is 0 Å². The van der Waals surface area contributed by atoms with Gasteiger partial charge in [-0.1, -0.05) is 24.3 Å². The summed E-state index contributed by atoms with van der Waals surface area (Å²) in [7, 11) is 3.50. The van der Waals surface area contributed by atoms with Crippen LogP contribution in [0.2, 0.25) is 0 Å². The first kappa shape index (κ1) is 14.7. The molecule has 18 heavy (non-hydrogen) atoms. The molecule has 0 saturated heterocycles. The molecule has 0 aromatic heterocycles. The van der Waals surface area contributed by atoms with Crippen LogP contribution in [0.25, 0.3) is 0 Å². The number of aliphatic hydroxyl groups is 1. The van der Waals surface area contributed by atoms with Crippen molar-refractivity contribution in [2.75, 3.05) is 14.1 Å². The third kappa shape index (κ3) is 3.82. The largest absolute Gasteiger partial charge is 0.392 e. The van der Waals surface area contributed by atoms with Gasteiger partial charge in [-0.3, -0.25) is 10.1 Å². The highest BCUT2D eigenvalue weighted by Gasteiger charge is 2.28. The summed E-state index contributed by atoms with van der Waals surface area (Å²) in [6.45, 7) is 4.42. The lowest BCUT2D eigenvalue weighted by Crippen LogP contribution is -2.51. The number of amides is 1. The van der Waals surface area contributed by atoms with Crippen LogP contribution in [0.1, 0.15) is 25.0 Å². The fourth-order valence-electron chi connectivity index (χ4n) is 1.72. The maximum Gasteiger partial charge on any atom is 0.241 e. The van der Waals surface area contributed by atoms with E-state index in [1.807, 2.05) is 38.1 Å². The molecular formula is C14H22N2O2. The summed E-state index contributed by atoms with van der Waals surface area (Å²) < 4.78 is 0. The first-order chi connectivity index (χ1) is 8.36. The highest BCUT2D eigenvalue weighted by atomic mass is 16.3. The summed E-state index contributed by atoms with van der Waals surface area (Å²) in [5.74, 6) is 0.0504. The molecule has 0 radical (unpaired) electrons. The van der Waals surface area contributed by atoms with E-state index in [1.165, 1.54) is 0 Å². The zero-order valence-electron chi connectivity index (χ0n) is 11.5. The highest BCUT2D eigenvalue weighted by molar-refractivity contribution is 5.85. The Kier molecular flexibility index (Phi) is 4.87. The molecule has 0 aliphatic carbocycles. The predicted molar refractivity (Wildman–Crippen MR) is 72.0 cm³/mol. The molecule has 0 aliphatic heterocycles. The second kappa shape index (κ2) is 5.98. The second-order valence-electron chi connectivity index (χ2n) is 5.15. The molecule has 1 rings (SSSR count). The Morgan fingerprint density at radius 2 is 1.72 bits per heavy atom. The van der Waals surface area contributed by atoms with Crippen molar-refractivity contribution in [2.45, 2.75) is 32.5 Å². The van der Waals surface area contributed by atoms with Crippen LogP contribution >= 0.6 is 0 Å². The summed E-state index contributed by atoms with van der Waals surface area (Å²) in [4.78, 5) is 13.5. The van der Waals surface area contributed by atoms with Gasteiger partial charge < -0.3 is 10.0 Å². The minimum Gasteiger partial charge on any atom is -0.392 e. The fourth-order valence-corrected chi connectivity index (χ4v) is 1.72. The molecule has 0 fully saturated rings. The lowest BCUT2D eigenvalue weighted by atomic mass is 10.0. The molecule has 4 nitrogen and oxygen atoms in total. The van der Waals surface area contributed by atoms with Crippen molar-refractivity contribution in [3.05, 3.63) is 35.4 Å². The zero-order valence-corrected chi connectivity index (χ0v) is 11.5. The Morgan fingerprint density at radius 3 is 2.17 bits per heavy atom. The summed E-state index contributed by atoms with van der Waals surface area (Å²) in [5.41, 5.74) is 1.40. The molecule has 1 aromatic carbocycles. The molecule has 4 heteroatoms. The third-order valence-corrected chi connectivity index (χ3v) is 2.88. The van der Waals surface area contributed by atoms with Crippen molar-refractivity contribution < 1.29 is 9.90 Å². The van der Waals surface area contributed by atoms with E-state index < -0.39 is 5.54 Å². The normalized spacial score (nSPS) is 11.4. The number of hydrogen-bond donors (Lipinski definition) is 2. The summed E-state index contributed by atoms with van der Waals surface area (Å²) in [5, 5.41) is 12.2. The summed E-state index contributed by atoms with van der Waals surface area (Å²) in [6.07, 6.45) is 0. The first-order valence-electron chi connectivity index (χ1n) is 6.02. The number of rotatable bonds is 5. The van der Waals surface area contributed by atoms with E-state index in [-0.39, 0.29) is 12.5 Å². The average molecular weight is 250 g/mol. The van der Waals surface area contributed by atoms with E-state index in [9.17, 15) is 4.79 Å². The smallest absolute Gasteiger partial charge is 0.241 e. The van der Waals surface area contributed by atoms with Gasteiger partial charge in [-0.2, -0.15) is 0 Å². The van der Waals surface area contributed by atoms with E-state index in [1.54, 1.807) is 19.0 Å². The van der Waals surface area contributed by atoms with Crippen molar-refractivity contribution in [1.29, 1.82) is 0 Å². The van der Waals surface area contributed by atoms with Gasteiger partial charge in [0, 0.05) is 20.6 Å². The van der Waals surface area contributed by atoms with E-state index in [0.717, 1.165) is 11.1 Å². The van der Waals surface area contributed by atoms with Crippen LogP contribution in [-0.4, -0.2) is 35.5 Å². The highest BCUT2D eigenvalue weighted by Crippen LogP contribution is 2.09. The monoisotopic (exact) mass is 250 g/mol. The topological polar surface area (TPSA) is 52.6 Å². The van der Waals surface area contributed by atoms with Crippen molar-refractivity contribution in [1.82, 2.24) is 10.2 Å². The van der Waals surface area contributed by atoms with Gasteiger partial charge in [-0.15, -0.1) is 0 Å². The van der Waals surface area contributed by atoms with Gasteiger partial charge in [-0.05, 0) is 25.0 Å². The summed E-state index contributed by atoms with van der Waals surface area (Å²) in [6, 6.07) is 7.68. The molecule has 0 unspecified atom stereocenters. The number of likely N-dealkylation sites (N-methyl/N-ethyl adjacent to an activating group) is 1. The standard InChI is InChI=1S/C14H22N2O2/c1-14(2,13(18)16(3)4)15-9-11-5-7-12(10-17)8-6-11/h5-8,15,17H,9-10H2,1-4H3. The molecule has 0 spiro atoms. The Hall–Kier alpha value is -1.39. The van der Waals surface area contributed by atoms with Gasteiger partial charge in [0.2, 0.25) is 5.91 Å². The number of hydrogen-bond acceptors (Lipinski definition) is 3. The lowest BCUT2D eigenvalue weighted by Gasteiger charge is -2.28. The van der Waals surface area contributed by atoms with Crippen LogP contribution in [-0.2, 0) is 17.9 Å². The molecule has 1 amide bonds. The van der Waals surface area contributed by atoms with Gasteiger partial charge in [0.1, 0.15) is 0 Å². The Morgan fingerprint density at radius 1 is 1.22 bits per heavy atom. The Labute approximate surface area is 109 Å². The Bertz CT molecular complexity index is 397. The maximum absolute atomic E-state index is 11.9. The molecule has 100 valence electrons. The lowest BCUT2D eigenvalue weighted by molar-refractivity contribution is -0.134. The number of nitrogens with one attached hydrogen (secondary N) is 1. The second-order valence-corrected chi connectivity index (χ2v) is 5.15. The predicted octanol–water partition coefficient (Wildman–Crippen LogP) is 1.14. The molecule has 0 saturated carbocycles. The van der Waals surface area contributed by atoms with Gasteiger partial charge in [-0.25, -0.2) is 0 Å². The SMILES string of the molecule is CN(C)C(=O)C(C)(C)NCc1ccc(CO)cc1. The zero-order chi connectivity index (χ0) is 13.8. The number of nitrogens with zero attached hydrogens (tertiary/aromatic N) is 1. The van der Waals surface area contributed by atoms with E-state index >= 15 is 0 Å². The van der Waals surface area contributed by atoms with Gasteiger partial charge in [0.25, 0.3) is 0 Å². The summed E-state index contributed by atoms with van der Waals surface area (Å²) >= 11 is 0. The van der Waals surface area contributed by atoms with Crippen LogP contribution < -0.4 is 5.32 Å². The molecule has 0 bridgehead atoms. The van der Waals surface area contributed by atoms with Crippen molar-refractivity contribution in [3.63, 3.8) is 0 Å². The number of benzene rings is 1. The molecular weight excluding hydrogens is 228 g/mol. The molecule has 0 aliphatic rings. The maximum atomic E-state index is 11.9. The third-order valence-electron chi connectivity index (χ3n) is 2.88. The van der Waals surface area contributed by atoms with Crippen LogP contribution in [0.15, 0.2) is 24.3 Å². The minimum atomic E-state index is -0.584. The fraction of sp³-hybridized carbons (Fsp3) is 0.500. The van der Waals surface area contributed by atoms with Crippen molar-refractivity contribution >= 4 is 5.91 Å². The number of carbonyl (C=O) groups excluding carboxylic acids is 1. The van der Waals surface area contributed by atoms with Crippen LogP contribution in [0, 0.1) is 0 Å². The van der Waals surface area contributed by atoms with Gasteiger partial charge in [0.15, 0.2) is 0 Å². The molecule has 2 N–H and O–H groups in total. The number of aliphatic hydroxyl groups excluding tert-OH is 1. The quantitative estimate of drug-likeness (QED) is 0.824. The van der Waals surface area contributed by atoms with E-state index in [4.69, 9.17) is 5.11 Å². The average Bonchev–Trinajstić information content (AvgIpc) is 2.36. The van der Waals surface area contributed by atoms with Crippen molar-refractivity contribution in [3.8, 4) is 0 Å². The van der Waals surface area contributed by atoms with Crippen LogP contribution in [0.5, 0.6) is 0 Å². The first-order valence-corrected chi connectivity index (χ1v) is 6.02. The van der Waals surface area contributed by atoms with E-state index in [2.05, 4.69) is 5.32 Å². The van der Waals surface area contributed by atoms with Crippen LogP contribution in [0.4, 0.5) is 0 Å². The van der Waals surface area contributed by atoms with E-state index in [0.29, 0.717) is 6.54 Å². The number of carbonyl (C=O) groups is 1. The molecule has 0 atom stereocenters. The van der Waals surface area contributed by atoms with Gasteiger partial charge >= 0.3 is 0 Å². The van der Waals surface area contributed by atoms with Gasteiger partial charge in [0.05, 0.1) is 12.1 Å². The minimum absolute atomic E-state index is 0.0504. The molecule has 1 aromatic rings. The van der Waals surface area contributed by atoms with Crippen LogP contribution in [0.3, 0.4) is 0 Å². The molecule has 0 heterocycles. The Balaban J connectivity index is 2.61.